The van der Waals surface area contributed by atoms with Gasteiger partial charge in [0.1, 0.15) is 19.8 Å². The van der Waals surface area contributed by atoms with Crippen LogP contribution in [0.3, 0.4) is 0 Å². The van der Waals surface area contributed by atoms with Gasteiger partial charge in [-0.1, -0.05) is 42.5 Å². The Morgan fingerprint density at radius 3 is 2.52 bits per heavy atom. The van der Waals surface area contributed by atoms with Gasteiger partial charge in [-0.15, -0.1) is 0 Å². The zero-order valence-electron chi connectivity index (χ0n) is 17.4. The normalized spacial score (nSPS) is 14.1. The van der Waals surface area contributed by atoms with E-state index in [0.29, 0.717) is 30.4 Å². The molecule has 0 spiro atoms. The number of ether oxygens (including phenoxy) is 2. The summed E-state index contributed by atoms with van der Waals surface area (Å²) in [5.41, 5.74) is 1.32. The van der Waals surface area contributed by atoms with Crippen LogP contribution in [-0.4, -0.2) is 40.3 Å². The second kappa shape index (κ2) is 8.47. The SMILES string of the molecule is CC(NC(=O)CN(c1cccc2ccccc12)S(C)(=O)=O)c1ccc2c(c1)OCCO2. The molecule has 1 amide bonds. The Morgan fingerprint density at radius 2 is 1.74 bits per heavy atom. The van der Waals surface area contributed by atoms with Gasteiger partial charge in [0.05, 0.1) is 18.0 Å². The summed E-state index contributed by atoms with van der Waals surface area (Å²) >= 11 is 0. The molecule has 1 atom stereocenters. The van der Waals surface area contributed by atoms with Crippen molar-refractivity contribution in [1.29, 1.82) is 0 Å². The van der Waals surface area contributed by atoms with Crippen molar-refractivity contribution in [3.63, 3.8) is 0 Å². The summed E-state index contributed by atoms with van der Waals surface area (Å²) in [4.78, 5) is 12.8. The van der Waals surface area contributed by atoms with Crippen molar-refractivity contribution in [1.82, 2.24) is 5.32 Å². The van der Waals surface area contributed by atoms with E-state index in [0.717, 1.165) is 26.9 Å². The third-order valence-electron chi connectivity index (χ3n) is 5.17. The number of fused-ring (bicyclic) bond motifs is 2. The highest BCUT2D eigenvalue weighted by Crippen LogP contribution is 2.33. The Hall–Kier alpha value is -3.26. The second-order valence-corrected chi connectivity index (χ2v) is 9.37. The monoisotopic (exact) mass is 440 g/mol. The highest BCUT2D eigenvalue weighted by atomic mass is 32.2. The molecule has 1 N–H and O–H groups in total. The van der Waals surface area contributed by atoms with E-state index in [-0.39, 0.29) is 12.6 Å². The minimum absolute atomic E-state index is 0.318. The van der Waals surface area contributed by atoms with Crippen LogP contribution in [0.15, 0.2) is 60.7 Å². The fourth-order valence-electron chi connectivity index (χ4n) is 3.64. The van der Waals surface area contributed by atoms with Crippen LogP contribution in [0.5, 0.6) is 11.5 Å². The third-order valence-corrected chi connectivity index (χ3v) is 6.29. The zero-order chi connectivity index (χ0) is 22.0. The van der Waals surface area contributed by atoms with Crippen LogP contribution in [0.1, 0.15) is 18.5 Å². The van der Waals surface area contributed by atoms with Crippen molar-refractivity contribution < 1.29 is 22.7 Å². The van der Waals surface area contributed by atoms with E-state index in [9.17, 15) is 13.2 Å². The number of carbonyl (C=O) groups excluding carboxylic acids is 1. The quantitative estimate of drug-likeness (QED) is 0.636. The van der Waals surface area contributed by atoms with Crippen molar-refractivity contribution in [2.24, 2.45) is 0 Å². The van der Waals surface area contributed by atoms with Gasteiger partial charge < -0.3 is 14.8 Å². The molecule has 4 rings (SSSR count). The predicted molar refractivity (Wildman–Crippen MR) is 120 cm³/mol. The molecule has 0 aromatic heterocycles. The van der Waals surface area contributed by atoms with E-state index >= 15 is 0 Å². The first-order chi connectivity index (χ1) is 14.8. The zero-order valence-corrected chi connectivity index (χ0v) is 18.2. The summed E-state index contributed by atoms with van der Waals surface area (Å²) in [6.07, 6.45) is 1.10. The number of benzene rings is 3. The first-order valence-corrected chi connectivity index (χ1v) is 11.8. The number of anilines is 1. The Morgan fingerprint density at radius 1 is 1.03 bits per heavy atom. The molecule has 7 nitrogen and oxygen atoms in total. The topological polar surface area (TPSA) is 84.9 Å². The fourth-order valence-corrected chi connectivity index (χ4v) is 4.51. The maximum absolute atomic E-state index is 12.8. The summed E-state index contributed by atoms with van der Waals surface area (Å²) < 4.78 is 37.4. The number of nitrogens with one attached hydrogen (secondary N) is 1. The largest absolute Gasteiger partial charge is 0.486 e. The number of carbonyl (C=O) groups is 1. The summed E-state index contributed by atoms with van der Waals surface area (Å²) in [5.74, 6) is 0.909. The van der Waals surface area contributed by atoms with E-state index in [2.05, 4.69) is 5.32 Å². The maximum Gasteiger partial charge on any atom is 0.241 e. The van der Waals surface area contributed by atoms with Gasteiger partial charge in [-0.2, -0.15) is 0 Å². The van der Waals surface area contributed by atoms with Crippen molar-refractivity contribution >= 4 is 32.4 Å². The van der Waals surface area contributed by atoms with Gasteiger partial charge in [-0.05, 0) is 36.1 Å². The van der Waals surface area contributed by atoms with Gasteiger partial charge in [0, 0.05) is 5.39 Å². The van der Waals surface area contributed by atoms with Crippen molar-refractivity contribution in [3.8, 4) is 11.5 Å². The summed E-state index contributed by atoms with van der Waals surface area (Å²) in [5, 5.41) is 4.55. The van der Waals surface area contributed by atoms with Crippen LogP contribution in [0, 0.1) is 0 Å². The maximum atomic E-state index is 12.8. The molecule has 3 aromatic carbocycles. The molecule has 1 aliphatic heterocycles. The molecule has 8 heteroatoms. The molecular formula is C23H24N2O5S. The van der Waals surface area contributed by atoms with Gasteiger partial charge >= 0.3 is 0 Å². The lowest BCUT2D eigenvalue weighted by Crippen LogP contribution is -2.41. The molecule has 1 aliphatic rings. The minimum atomic E-state index is -3.68. The summed E-state index contributed by atoms with van der Waals surface area (Å²) in [7, 11) is -3.68. The number of hydrogen-bond donors (Lipinski definition) is 1. The Balaban J connectivity index is 1.55. The van der Waals surface area contributed by atoms with Gasteiger partial charge in [-0.25, -0.2) is 8.42 Å². The molecule has 1 unspecified atom stereocenters. The van der Waals surface area contributed by atoms with E-state index in [1.54, 1.807) is 12.1 Å². The van der Waals surface area contributed by atoms with Gasteiger partial charge in [0.2, 0.25) is 15.9 Å². The van der Waals surface area contributed by atoms with Crippen LogP contribution in [0.4, 0.5) is 5.69 Å². The predicted octanol–water partition coefficient (Wildman–Crippen LogP) is 3.25. The minimum Gasteiger partial charge on any atom is -0.486 e. The molecule has 0 saturated heterocycles. The summed E-state index contributed by atoms with van der Waals surface area (Å²) in [6, 6.07) is 18.0. The smallest absolute Gasteiger partial charge is 0.241 e. The van der Waals surface area contributed by atoms with Crippen LogP contribution in [-0.2, 0) is 14.8 Å². The van der Waals surface area contributed by atoms with Crippen LogP contribution >= 0.6 is 0 Å². The van der Waals surface area contributed by atoms with Crippen molar-refractivity contribution in [2.75, 3.05) is 30.3 Å². The van der Waals surface area contributed by atoms with E-state index < -0.39 is 15.9 Å². The Labute approximate surface area is 181 Å². The molecule has 0 radical (unpaired) electrons. The van der Waals surface area contributed by atoms with Crippen molar-refractivity contribution in [3.05, 3.63) is 66.2 Å². The lowest BCUT2D eigenvalue weighted by molar-refractivity contribution is -0.120. The third kappa shape index (κ3) is 4.59. The molecule has 0 aliphatic carbocycles. The van der Waals surface area contributed by atoms with Crippen molar-refractivity contribution in [2.45, 2.75) is 13.0 Å². The fraction of sp³-hybridized carbons (Fsp3) is 0.261. The van der Waals surface area contributed by atoms with Crippen LogP contribution < -0.4 is 19.1 Å². The highest BCUT2D eigenvalue weighted by molar-refractivity contribution is 7.92. The average Bonchev–Trinajstić information content (AvgIpc) is 2.76. The first kappa shape index (κ1) is 21.0. The first-order valence-electron chi connectivity index (χ1n) is 9.97. The molecular weight excluding hydrogens is 416 g/mol. The van der Waals surface area contributed by atoms with Gasteiger partial charge in [0.15, 0.2) is 11.5 Å². The van der Waals surface area contributed by atoms with E-state index in [1.807, 2.05) is 55.5 Å². The number of nitrogens with zero attached hydrogens (tertiary/aromatic N) is 1. The molecule has 0 saturated carbocycles. The summed E-state index contributed by atoms with van der Waals surface area (Å²) in [6.45, 7) is 2.51. The molecule has 0 fully saturated rings. The number of hydrogen-bond acceptors (Lipinski definition) is 5. The van der Waals surface area contributed by atoms with Crippen LogP contribution in [0.25, 0.3) is 10.8 Å². The second-order valence-electron chi connectivity index (χ2n) is 7.46. The van der Waals surface area contributed by atoms with Gasteiger partial charge in [0.25, 0.3) is 0 Å². The molecule has 0 bridgehead atoms. The Kier molecular flexibility index (Phi) is 5.73. The molecule has 1 heterocycles. The molecule has 31 heavy (non-hydrogen) atoms. The average molecular weight is 441 g/mol. The highest BCUT2D eigenvalue weighted by Gasteiger charge is 2.24. The molecule has 3 aromatic rings. The van der Waals surface area contributed by atoms with Gasteiger partial charge in [-0.3, -0.25) is 9.10 Å². The van der Waals surface area contributed by atoms with E-state index in [4.69, 9.17) is 9.47 Å². The number of sulfonamides is 1. The lowest BCUT2D eigenvalue weighted by atomic mass is 10.1. The molecule has 162 valence electrons. The standard InChI is InChI=1S/C23H24N2O5S/c1-16(18-10-11-21-22(14-18)30-13-12-29-21)24-23(26)15-25(31(2,27)28)20-9-5-7-17-6-3-4-8-19(17)20/h3-11,14,16H,12-13,15H2,1-2H3,(H,24,26). The number of rotatable bonds is 6. The number of amides is 1. The Bertz CT molecular complexity index is 1220. The lowest BCUT2D eigenvalue weighted by Gasteiger charge is -2.25. The van der Waals surface area contributed by atoms with Crippen LogP contribution in [0.2, 0.25) is 0 Å². The van der Waals surface area contributed by atoms with E-state index in [1.165, 1.54) is 0 Å².